The van der Waals surface area contributed by atoms with Gasteiger partial charge in [0.2, 0.25) is 11.0 Å². The van der Waals surface area contributed by atoms with Crippen molar-refractivity contribution in [3.05, 3.63) is 57.3 Å². The van der Waals surface area contributed by atoms with E-state index in [1.807, 2.05) is 24.1 Å². The van der Waals surface area contributed by atoms with Crippen molar-refractivity contribution in [2.75, 3.05) is 31.1 Å². The molecule has 0 radical (unpaired) electrons. The quantitative estimate of drug-likeness (QED) is 0.633. The van der Waals surface area contributed by atoms with Crippen LogP contribution in [0.2, 0.25) is 5.02 Å². The number of thiazole rings is 1. The fraction of sp³-hybridized carbons (Fsp3) is 0.381. The average Bonchev–Trinajstić information content (AvgIpc) is 3.28. The summed E-state index contributed by atoms with van der Waals surface area (Å²) in [4.78, 5) is 21.6. The Morgan fingerprint density at radius 1 is 1.10 bits per heavy atom. The average molecular weight is 430 g/mol. The van der Waals surface area contributed by atoms with Gasteiger partial charge in [-0.25, -0.2) is 9.67 Å². The van der Waals surface area contributed by atoms with Gasteiger partial charge in [0.1, 0.15) is 0 Å². The van der Waals surface area contributed by atoms with E-state index in [1.54, 1.807) is 4.68 Å². The number of benzene rings is 1. The SMILES string of the molecule is Cc1ccc(N2CCN(C(=O)Cc3csc(-n4nc(C)c(Cl)c4C)n3)CC2)cc1. The van der Waals surface area contributed by atoms with E-state index in [0.29, 0.717) is 11.4 Å². The number of piperazine rings is 1. The predicted molar refractivity (Wildman–Crippen MR) is 117 cm³/mol. The monoisotopic (exact) mass is 429 g/mol. The first kappa shape index (κ1) is 19.9. The lowest BCUT2D eigenvalue weighted by molar-refractivity contribution is -0.130. The van der Waals surface area contributed by atoms with Crippen LogP contribution in [-0.2, 0) is 11.2 Å². The lowest BCUT2D eigenvalue weighted by atomic mass is 10.2. The van der Waals surface area contributed by atoms with E-state index >= 15 is 0 Å². The molecule has 0 unspecified atom stereocenters. The molecule has 0 aliphatic carbocycles. The van der Waals surface area contributed by atoms with Crippen LogP contribution in [0.25, 0.3) is 5.13 Å². The van der Waals surface area contributed by atoms with Crippen LogP contribution in [0.4, 0.5) is 5.69 Å². The normalized spacial score (nSPS) is 14.5. The summed E-state index contributed by atoms with van der Waals surface area (Å²) >= 11 is 7.71. The molecule has 1 aromatic carbocycles. The number of aryl methyl sites for hydroxylation is 2. The van der Waals surface area contributed by atoms with Crippen LogP contribution in [0.5, 0.6) is 0 Å². The molecule has 0 N–H and O–H groups in total. The van der Waals surface area contributed by atoms with Crippen LogP contribution >= 0.6 is 22.9 Å². The van der Waals surface area contributed by atoms with Crippen LogP contribution in [0.1, 0.15) is 22.6 Å². The summed E-state index contributed by atoms with van der Waals surface area (Å²) in [6.07, 6.45) is 0.314. The van der Waals surface area contributed by atoms with Crippen molar-refractivity contribution in [3.8, 4) is 5.13 Å². The number of amides is 1. The molecule has 0 saturated carbocycles. The van der Waals surface area contributed by atoms with E-state index in [0.717, 1.165) is 48.4 Å². The zero-order chi connectivity index (χ0) is 20.5. The van der Waals surface area contributed by atoms with Gasteiger partial charge in [0.25, 0.3) is 0 Å². The molecule has 0 atom stereocenters. The number of hydrogen-bond donors (Lipinski definition) is 0. The molecule has 0 bridgehead atoms. The number of rotatable bonds is 4. The van der Waals surface area contributed by atoms with E-state index in [1.165, 1.54) is 22.6 Å². The number of anilines is 1. The van der Waals surface area contributed by atoms with Crippen molar-refractivity contribution in [1.29, 1.82) is 0 Å². The molecule has 3 aromatic rings. The van der Waals surface area contributed by atoms with Crippen molar-refractivity contribution in [2.45, 2.75) is 27.2 Å². The third-order valence-electron chi connectivity index (χ3n) is 5.29. The first-order chi connectivity index (χ1) is 13.9. The molecule has 1 fully saturated rings. The number of carbonyl (C=O) groups is 1. The summed E-state index contributed by atoms with van der Waals surface area (Å²) in [5.74, 6) is 0.122. The van der Waals surface area contributed by atoms with Crippen LogP contribution in [0.15, 0.2) is 29.6 Å². The van der Waals surface area contributed by atoms with E-state index in [2.05, 4.69) is 46.2 Å². The van der Waals surface area contributed by atoms with Crippen molar-refractivity contribution >= 4 is 34.5 Å². The second-order valence-corrected chi connectivity index (χ2v) is 8.61. The highest BCUT2D eigenvalue weighted by atomic mass is 35.5. The number of hydrogen-bond acceptors (Lipinski definition) is 5. The van der Waals surface area contributed by atoms with Gasteiger partial charge in [-0.3, -0.25) is 4.79 Å². The topological polar surface area (TPSA) is 54.3 Å². The number of carbonyl (C=O) groups excluding carboxylic acids is 1. The first-order valence-electron chi connectivity index (χ1n) is 9.68. The molecule has 1 aliphatic rings. The standard InChI is InChI=1S/C21H24ClN5OS/c1-14-4-6-18(7-5-14)25-8-10-26(11-9-25)19(28)12-17-13-29-21(23-17)27-16(3)20(22)15(2)24-27/h4-7,13H,8-12H2,1-3H3. The van der Waals surface area contributed by atoms with Crippen LogP contribution in [-0.4, -0.2) is 51.8 Å². The Hall–Kier alpha value is -2.38. The van der Waals surface area contributed by atoms with Crippen LogP contribution in [0, 0.1) is 20.8 Å². The third-order valence-corrected chi connectivity index (χ3v) is 6.70. The van der Waals surface area contributed by atoms with Gasteiger partial charge in [-0.1, -0.05) is 29.3 Å². The second-order valence-electron chi connectivity index (χ2n) is 7.40. The number of nitrogens with zero attached hydrogens (tertiary/aromatic N) is 5. The fourth-order valence-corrected chi connectivity index (χ4v) is 4.46. The van der Waals surface area contributed by atoms with Gasteiger partial charge in [-0.2, -0.15) is 5.10 Å². The van der Waals surface area contributed by atoms with Crippen molar-refractivity contribution in [3.63, 3.8) is 0 Å². The lowest BCUT2D eigenvalue weighted by Gasteiger charge is -2.36. The van der Waals surface area contributed by atoms with E-state index < -0.39 is 0 Å². The van der Waals surface area contributed by atoms with Gasteiger partial charge in [0.15, 0.2) is 0 Å². The molecule has 1 amide bonds. The smallest absolute Gasteiger partial charge is 0.228 e. The minimum absolute atomic E-state index is 0.122. The predicted octanol–water partition coefficient (Wildman–Crippen LogP) is 3.80. The third kappa shape index (κ3) is 4.16. The molecule has 0 spiro atoms. The Morgan fingerprint density at radius 3 is 2.41 bits per heavy atom. The molecule has 2 aromatic heterocycles. The molecular formula is C21H24ClN5OS. The van der Waals surface area contributed by atoms with E-state index in [-0.39, 0.29) is 5.91 Å². The molecule has 3 heterocycles. The maximum absolute atomic E-state index is 12.8. The molecule has 8 heteroatoms. The molecule has 1 saturated heterocycles. The summed E-state index contributed by atoms with van der Waals surface area (Å²) in [6, 6.07) is 8.55. The van der Waals surface area contributed by atoms with Crippen molar-refractivity contribution in [2.24, 2.45) is 0 Å². The van der Waals surface area contributed by atoms with E-state index in [9.17, 15) is 4.79 Å². The maximum Gasteiger partial charge on any atom is 0.228 e. The van der Waals surface area contributed by atoms with E-state index in [4.69, 9.17) is 11.6 Å². The lowest BCUT2D eigenvalue weighted by Crippen LogP contribution is -2.49. The molecule has 1 aliphatic heterocycles. The minimum Gasteiger partial charge on any atom is -0.368 e. The number of aromatic nitrogens is 3. The van der Waals surface area contributed by atoms with Gasteiger partial charge < -0.3 is 9.80 Å². The first-order valence-corrected chi connectivity index (χ1v) is 10.9. The molecule has 29 heavy (non-hydrogen) atoms. The Labute approximate surface area is 179 Å². The molecule has 152 valence electrons. The fourth-order valence-electron chi connectivity index (χ4n) is 3.52. The van der Waals surface area contributed by atoms with Gasteiger partial charge in [0, 0.05) is 37.2 Å². The zero-order valence-corrected chi connectivity index (χ0v) is 18.4. The Morgan fingerprint density at radius 2 is 1.79 bits per heavy atom. The van der Waals surface area contributed by atoms with Crippen molar-refractivity contribution in [1.82, 2.24) is 19.7 Å². The highest BCUT2D eigenvalue weighted by Gasteiger charge is 2.22. The van der Waals surface area contributed by atoms with Crippen molar-refractivity contribution < 1.29 is 4.79 Å². The molecule has 4 rings (SSSR count). The van der Waals surface area contributed by atoms with Gasteiger partial charge >= 0.3 is 0 Å². The van der Waals surface area contributed by atoms with Crippen LogP contribution < -0.4 is 4.90 Å². The summed E-state index contributed by atoms with van der Waals surface area (Å²) in [6.45, 7) is 9.05. The minimum atomic E-state index is 0.122. The Kier molecular flexibility index (Phi) is 5.61. The molecule has 6 nitrogen and oxygen atoms in total. The Bertz CT molecular complexity index is 1020. The highest BCUT2D eigenvalue weighted by molar-refractivity contribution is 7.12. The van der Waals surface area contributed by atoms with Gasteiger partial charge in [-0.05, 0) is 32.9 Å². The Balaban J connectivity index is 1.36. The number of halogens is 1. The van der Waals surface area contributed by atoms with Gasteiger partial charge in [-0.15, -0.1) is 11.3 Å². The van der Waals surface area contributed by atoms with Crippen LogP contribution in [0.3, 0.4) is 0 Å². The highest BCUT2D eigenvalue weighted by Crippen LogP contribution is 2.24. The molecular weight excluding hydrogens is 406 g/mol. The zero-order valence-electron chi connectivity index (χ0n) is 16.9. The second kappa shape index (κ2) is 8.16. The van der Waals surface area contributed by atoms with Gasteiger partial charge in [0.05, 0.1) is 28.5 Å². The maximum atomic E-state index is 12.8. The summed E-state index contributed by atoms with van der Waals surface area (Å²) in [5, 5.41) is 7.76. The summed E-state index contributed by atoms with van der Waals surface area (Å²) in [7, 11) is 0. The largest absolute Gasteiger partial charge is 0.368 e. The summed E-state index contributed by atoms with van der Waals surface area (Å²) in [5.41, 5.74) is 4.90. The summed E-state index contributed by atoms with van der Waals surface area (Å²) < 4.78 is 1.75.